The molecule has 4 heteroatoms. The molecule has 0 atom stereocenters. The lowest BCUT2D eigenvalue weighted by molar-refractivity contribution is 0.0949. The second kappa shape index (κ2) is 5.33. The number of para-hydroxylation sites is 1. The molecule has 1 aliphatic rings. The third kappa shape index (κ3) is 2.34. The summed E-state index contributed by atoms with van der Waals surface area (Å²) in [5, 5.41) is 4.66. The van der Waals surface area contributed by atoms with E-state index in [4.69, 9.17) is 11.6 Å². The number of aromatic nitrogens is 1. The smallest absolute Gasteiger partial charge is 0.268 e. The average molecular weight is 289 g/mol. The maximum atomic E-state index is 12.3. The normalized spacial score (nSPS) is 14.4. The Balaban J connectivity index is 2.01. The van der Waals surface area contributed by atoms with Crippen molar-refractivity contribution in [2.45, 2.75) is 25.2 Å². The third-order valence-electron chi connectivity index (χ3n) is 3.67. The highest BCUT2D eigenvalue weighted by Gasteiger charge is 2.31. The number of H-pyrrole nitrogens is 1. The summed E-state index contributed by atoms with van der Waals surface area (Å²) < 4.78 is 0. The van der Waals surface area contributed by atoms with Crippen LogP contribution < -0.4 is 5.32 Å². The molecule has 1 heterocycles. The molecule has 1 aromatic carbocycles. The average Bonchev–Trinajstić information content (AvgIpc) is 3.19. The summed E-state index contributed by atoms with van der Waals surface area (Å²) in [5.41, 5.74) is 2.66. The van der Waals surface area contributed by atoms with E-state index < -0.39 is 0 Å². The molecule has 0 bridgehead atoms. The van der Waals surface area contributed by atoms with Gasteiger partial charge in [-0.15, -0.1) is 6.58 Å². The monoisotopic (exact) mass is 288 g/mol. The van der Waals surface area contributed by atoms with Crippen LogP contribution in [0, 0.1) is 0 Å². The van der Waals surface area contributed by atoms with Crippen LogP contribution in [0.1, 0.15) is 41.2 Å². The molecule has 20 heavy (non-hydrogen) atoms. The van der Waals surface area contributed by atoms with Gasteiger partial charge in [0, 0.05) is 11.9 Å². The van der Waals surface area contributed by atoms with Gasteiger partial charge in [-0.1, -0.05) is 29.8 Å². The van der Waals surface area contributed by atoms with Crippen molar-refractivity contribution in [2.24, 2.45) is 0 Å². The fourth-order valence-electron chi connectivity index (χ4n) is 2.55. The number of hydrogen-bond acceptors (Lipinski definition) is 1. The van der Waals surface area contributed by atoms with Crippen LogP contribution in [-0.4, -0.2) is 17.4 Å². The summed E-state index contributed by atoms with van der Waals surface area (Å²) in [4.78, 5) is 15.5. The molecule has 0 aliphatic heterocycles. The molecule has 0 saturated heterocycles. The van der Waals surface area contributed by atoms with Gasteiger partial charge in [0.2, 0.25) is 0 Å². The molecule has 1 aliphatic carbocycles. The van der Waals surface area contributed by atoms with E-state index in [-0.39, 0.29) is 5.91 Å². The minimum absolute atomic E-state index is 0.0546. The Labute approximate surface area is 123 Å². The van der Waals surface area contributed by atoms with Crippen molar-refractivity contribution < 1.29 is 4.79 Å². The maximum Gasteiger partial charge on any atom is 0.268 e. The molecule has 0 spiro atoms. The number of benzene rings is 1. The molecule has 0 unspecified atom stereocenters. The van der Waals surface area contributed by atoms with Crippen molar-refractivity contribution in [1.82, 2.24) is 10.3 Å². The summed E-state index contributed by atoms with van der Waals surface area (Å²) in [6, 6.07) is 5.81. The van der Waals surface area contributed by atoms with E-state index in [1.807, 2.05) is 18.2 Å². The zero-order chi connectivity index (χ0) is 14.1. The summed E-state index contributed by atoms with van der Waals surface area (Å²) >= 11 is 6.22. The molecule has 1 aromatic heterocycles. The predicted molar refractivity (Wildman–Crippen MR) is 82.4 cm³/mol. The van der Waals surface area contributed by atoms with Crippen LogP contribution in [0.4, 0.5) is 0 Å². The molecule has 2 aromatic rings. The van der Waals surface area contributed by atoms with Crippen molar-refractivity contribution in [2.75, 3.05) is 6.54 Å². The molecule has 2 N–H and O–H groups in total. The molecule has 104 valence electrons. The fourth-order valence-corrected chi connectivity index (χ4v) is 2.78. The first-order chi connectivity index (χ1) is 9.72. The second-order valence-corrected chi connectivity index (χ2v) is 5.59. The van der Waals surface area contributed by atoms with Gasteiger partial charge in [0.25, 0.3) is 5.91 Å². The van der Waals surface area contributed by atoms with Gasteiger partial charge in [-0.25, -0.2) is 0 Å². The van der Waals surface area contributed by atoms with E-state index in [0.717, 1.165) is 35.7 Å². The Hall–Kier alpha value is -1.74. The van der Waals surface area contributed by atoms with E-state index in [9.17, 15) is 4.79 Å². The lowest BCUT2D eigenvalue weighted by Crippen LogP contribution is -2.25. The third-order valence-corrected chi connectivity index (χ3v) is 3.98. The molecule has 1 amide bonds. The van der Waals surface area contributed by atoms with Crippen molar-refractivity contribution >= 4 is 28.4 Å². The SMILES string of the molecule is C=CCCNC(=O)c1[nH]c2c(Cl)cccc2c1C1CC1. The predicted octanol–water partition coefficient (Wildman–Crippen LogP) is 4.00. The number of carbonyl (C=O) groups excluding carboxylic acids is 1. The highest BCUT2D eigenvalue weighted by atomic mass is 35.5. The van der Waals surface area contributed by atoms with Crippen LogP contribution in [-0.2, 0) is 0 Å². The van der Waals surface area contributed by atoms with E-state index in [0.29, 0.717) is 23.2 Å². The van der Waals surface area contributed by atoms with Gasteiger partial charge in [-0.05, 0) is 36.8 Å². The number of fused-ring (bicyclic) bond motifs is 1. The first-order valence-corrected chi connectivity index (χ1v) is 7.29. The van der Waals surface area contributed by atoms with E-state index in [1.54, 1.807) is 6.08 Å². The van der Waals surface area contributed by atoms with Crippen LogP contribution in [0.3, 0.4) is 0 Å². The molecule has 1 saturated carbocycles. The van der Waals surface area contributed by atoms with Gasteiger partial charge < -0.3 is 10.3 Å². The summed E-state index contributed by atoms with van der Waals surface area (Å²) in [6.45, 7) is 4.26. The van der Waals surface area contributed by atoms with E-state index >= 15 is 0 Å². The Bertz CT molecular complexity index is 670. The van der Waals surface area contributed by atoms with E-state index in [1.165, 1.54) is 0 Å². The quantitative estimate of drug-likeness (QED) is 0.634. The van der Waals surface area contributed by atoms with Crippen LogP contribution in [0.15, 0.2) is 30.9 Å². The van der Waals surface area contributed by atoms with Crippen molar-refractivity contribution in [1.29, 1.82) is 0 Å². The van der Waals surface area contributed by atoms with E-state index in [2.05, 4.69) is 16.9 Å². The molecule has 3 nitrogen and oxygen atoms in total. The Morgan fingerprint density at radius 1 is 1.50 bits per heavy atom. The van der Waals surface area contributed by atoms with Crippen molar-refractivity contribution in [3.63, 3.8) is 0 Å². The first-order valence-electron chi connectivity index (χ1n) is 6.91. The summed E-state index contributed by atoms with van der Waals surface area (Å²) in [6.07, 6.45) is 4.86. The zero-order valence-corrected chi connectivity index (χ0v) is 12.0. The van der Waals surface area contributed by atoms with Gasteiger partial charge in [0.1, 0.15) is 5.69 Å². The number of carbonyl (C=O) groups is 1. The van der Waals surface area contributed by atoms with Crippen molar-refractivity contribution in [3.05, 3.63) is 47.1 Å². The molecule has 0 radical (unpaired) electrons. The molecule has 3 rings (SSSR count). The minimum atomic E-state index is -0.0546. The fraction of sp³-hybridized carbons (Fsp3) is 0.312. The van der Waals surface area contributed by atoms with Crippen LogP contribution in [0.2, 0.25) is 5.02 Å². The number of amides is 1. The first kappa shape index (κ1) is 13.3. The number of nitrogens with one attached hydrogen (secondary N) is 2. The highest BCUT2D eigenvalue weighted by molar-refractivity contribution is 6.35. The minimum Gasteiger partial charge on any atom is -0.350 e. The Morgan fingerprint density at radius 3 is 3.00 bits per heavy atom. The Kier molecular flexibility index (Phi) is 3.53. The number of aromatic amines is 1. The van der Waals surface area contributed by atoms with Gasteiger partial charge >= 0.3 is 0 Å². The summed E-state index contributed by atoms with van der Waals surface area (Å²) in [7, 11) is 0. The van der Waals surface area contributed by atoms with Gasteiger partial charge in [0.15, 0.2) is 0 Å². The number of hydrogen-bond donors (Lipinski definition) is 2. The summed E-state index contributed by atoms with van der Waals surface area (Å²) in [5.74, 6) is 0.434. The van der Waals surface area contributed by atoms with Gasteiger partial charge in [0.05, 0.1) is 10.5 Å². The molecule has 1 fully saturated rings. The molecular formula is C16H17ClN2O. The number of rotatable bonds is 5. The largest absolute Gasteiger partial charge is 0.350 e. The van der Waals surface area contributed by atoms with Crippen LogP contribution >= 0.6 is 11.6 Å². The lowest BCUT2D eigenvalue weighted by atomic mass is 10.1. The van der Waals surface area contributed by atoms with Gasteiger partial charge in [-0.3, -0.25) is 4.79 Å². The van der Waals surface area contributed by atoms with Crippen molar-refractivity contribution in [3.8, 4) is 0 Å². The maximum absolute atomic E-state index is 12.3. The lowest BCUT2D eigenvalue weighted by Gasteiger charge is -2.04. The Morgan fingerprint density at radius 2 is 2.30 bits per heavy atom. The molecular weight excluding hydrogens is 272 g/mol. The standard InChI is InChI=1S/C16H17ClN2O/c1-2-3-9-18-16(20)15-13(10-7-8-10)11-5-4-6-12(17)14(11)19-15/h2,4-6,10,19H,1,3,7-9H2,(H,18,20). The van der Waals surface area contributed by atoms with Crippen LogP contribution in [0.5, 0.6) is 0 Å². The number of halogens is 1. The van der Waals surface area contributed by atoms with Gasteiger partial charge in [-0.2, -0.15) is 0 Å². The topological polar surface area (TPSA) is 44.9 Å². The highest BCUT2D eigenvalue weighted by Crippen LogP contribution is 2.45. The second-order valence-electron chi connectivity index (χ2n) is 5.18. The zero-order valence-electron chi connectivity index (χ0n) is 11.2. The van der Waals surface area contributed by atoms with Crippen LogP contribution in [0.25, 0.3) is 10.9 Å².